The third-order valence-electron chi connectivity index (χ3n) is 2.54. The van der Waals surface area contributed by atoms with Gasteiger partial charge in [-0.05, 0) is 18.4 Å². The number of esters is 1. The lowest BCUT2D eigenvalue weighted by Crippen LogP contribution is -2.10. The molecule has 0 saturated heterocycles. The first-order chi connectivity index (χ1) is 8.63. The van der Waals surface area contributed by atoms with E-state index >= 15 is 0 Å². The lowest BCUT2D eigenvalue weighted by Gasteiger charge is -2.07. The number of aromatic nitrogens is 2. The van der Waals surface area contributed by atoms with Gasteiger partial charge in [0, 0.05) is 12.7 Å². The maximum absolute atomic E-state index is 11.2. The summed E-state index contributed by atoms with van der Waals surface area (Å²) in [5, 5.41) is 3.18. The van der Waals surface area contributed by atoms with Crippen molar-refractivity contribution in [1.82, 2.24) is 9.97 Å². The zero-order valence-electron chi connectivity index (χ0n) is 11.3. The molecule has 0 radical (unpaired) electrons. The third kappa shape index (κ3) is 5.12. The van der Waals surface area contributed by atoms with Gasteiger partial charge in [-0.15, -0.1) is 0 Å². The molecule has 0 aliphatic rings. The second kappa shape index (κ2) is 7.63. The SMILES string of the molecule is COC(=O)c1nccc(NCCCCC(C)C)n1. The molecule has 5 heteroatoms. The van der Waals surface area contributed by atoms with Crippen LogP contribution in [0.3, 0.4) is 0 Å². The molecule has 0 spiro atoms. The second-order valence-electron chi connectivity index (χ2n) is 4.57. The molecule has 0 saturated carbocycles. The summed E-state index contributed by atoms with van der Waals surface area (Å²) in [5.74, 6) is 0.980. The molecule has 0 aromatic carbocycles. The van der Waals surface area contributed by atoms with Crippen molar-refractivity contribution >= 4 is 11.8 Å². The summed E-state index contributed by atoms with van der Waals surface area (Å²) in [6, 6.07) is 1.74. The number of hydrogen-bond donors (Lipinski definition) is 1. The Labute approximate surface area is 108 Å². The number of carbonyl (C=O) groups is 1. The van der Waals surface area contributed by atoms with E-state index in [1.54, 1.807) is 12.3 Å². The zero-order chi connectivity index (χ0) is 13.4. The van der Waals surface area contributed by atoms with Crippen LogP contribution >= 0.6 is 0 Å². The Kier molecular flexibility index (Phi) is 6.11. The Morgan fingerprint density at radius 1 is 1.44 bits per heavy atom. The van der Waals surface area contributed by atoms with Gasteiger partial charge in [0.15, 0.2) is 0 Å². The first-order valence-electron chi connectivity index (χ1n) is 6.28. The van der Waals surface area contributed by atoms with Gasteiger partial charge >= 0.3 is 5.97 Å². The van der Waals surface area contributed by atoms with Crippen molar-refractivity contribution in [2.45, 2.75) is 33.1 Å². The summed E-state index contributed by atoms with van der Waals surface area (Å²) in [7, 11) is 1.32. The molecule has 1 rings (SSSR count). The minimum Gasteiger partial charge on any atom is -0.463 e. The van der Waals surface area contributed by atoms with E-state index in [-0.39, 0.29) is 5.82 Å². The fourth-order valence-electron chi connectivity index (χ4n) is 1.54. The highest BCUT2D eigenvalue weighted by Crippen LogP contribution is 2.07. The molecule has 18 heavy (non-hydrogen) atoms. The van der Waals surface area contributed by atoms with E-state index in [0.29, 0.717) is 5.82 Å². The maximum Gasteiger partial charge on any atom is 0.376 e. The molecule has 0 bridgehead atoms. The number of ether oxygens (including phenoxy) is 1. The Morgan fingerprint density at radius 2 is 2.22 bits per heavy atom. The van der Waals surface area contributed by atoms with Gasteiger partial charge in [0.05, 0.1) is 7.11 Å². The van der Waals surface area contributed by atoms with Gasteiger partial charge in [0.25, 0.3) is 0 Å². The Balaban J connectivity index is 2.36. The van der Waals surface area contributed by atoms with Crippen molar-refractivity contribution in [2.24, 2.45) is 5.92 Å². The molecular weight excluding hydrogens is 230 g/mol. The van der Waals surface area contributed by atoms with Crippen LogP contribution in [0.15, 0.2) is 12.3 Å². The van der Waals surface area contributed by atoms with Crippen molar-refractivity contribution in [3.8, 4) is 0 Å². The minimum atomic E-state index is -0.515. The first-order valence-corrected chi connectivity index (χ1v) is 6.28. The highest BCUT2D eigenvalue weighted by molar-refractivity contribution is 5.85. The quantitative estimate of drug-likeness (QED) is 0.596. The van der Waals surface area contributed by atoms with Crippen molar-refractivity contribution in [3.05, 3.63) is 18.1 Å². The summed E-state index contributed by atoms with van der Waals surface area (Å²) in [6.07, 6.45) is 5.07. The van der Waals surface area contributed by atoms with Crippen LogP contribution in [0.1, 0.15) is 43.7 Å². The van der Waals surface area contributed by atoms with E-state index in [9.17, 15) is 4.79 Å². The number of methoxy groups -OCH3 is 1. The lowest BCUT2D eigenvalue weighted by molar-refractivity contribution is 0.0587. The normalized spacial score (nSPS) is 10.4. The molecule has 0 unspecified atom stereocenters. The Morgan fingerprint density at radius 3 is 2.89 bits per heavy atom. The van der Waals surface area contributed by atoms with Crippen LogP contribution in [0.2, 0.25) is 0 Å². The maximum atomic E-state index is 11.2. The van der Waals surface area contributed by atoms with Crippen LogP contribution in [0.25, 0.3) is 0 Å². The predicted molar refractivity (Wildman–Crippen MR) is 70.6 cm³/mol. The summed E-state index contributed by atoms with van der Waals surface area (Å²) >= 11 is 0. The molecule has 1 heterocycles. The second-order valence-corrected chi connectivity index (χ2v) is 4.57. The van der Waals surface area contributed by atoms with E-state index < -0.39 is 5.97 Å². The van der Waals surface area contributed by atoms with Gasteiger partial charge in [-0.2, -0.15) is 0 Å². The molecule has 5 nitrogen and oxygen atoms in total. The number of anilines is 1. The third-order valence-corrected chi connectivity index (χ3v) is 2.54. The van der Waals surface area contributed by atoms with Gasteiger partial charge < -0.3 is 10.1 Å². The van der Waals surface area contributed by atoms with Crippen LogP contribution in [-0.2, 0) is 4.74 Å². The van der Waals surface area contributed by atoms with Gasteiger partial charge in [-0.1, -0.05) is 26.7 Å². The van der Waals surface area contributed by atoms with Crippen molar-refractivity contribution < 1.29 is 9.53 Å². The molecule has 0 atom stereocenters. The summed E-state index contributed by atoms with van der Waals surface area (Å²) in [5.41, 5.74) is 0. The van der Waals surface area contributed by atoms with Crippen LogP contribution < -0.4 is 5.32 Å². The van der Waals surface area contributed by atoms with Crippen LogP contribution in [-0.4, -0.2) is 29.6 Å². The monoisotopic (exact) mass is 251 g/mol. The van der Waals surface area contributed by atoms with Gasteiger partial charge in [-0.3, -0.25) is 0 Å². The van der Waals surface area contributed by atoms with Crippen molar-refractivity contribution in [1.29, 1.82) is 0 Å². The average molecular weight is 251 g/mol. The van der Waals surface area contributed by atoms with Crippen LogP contribution in [0.4, 0.5) is 5.82 Å². The summed E-state index contributed by atoms with van der Waals surface area (Å²) < 4.78 is 4.57. The highest BCUT2D eigenvalue weighted by Gasteiger charge is 2.08. The molecule has 1 aromatic heterocycles. The number of rotatable bonds is 7. The predicted octanol–water partition coefficient (Wildman–Crippen LogP) is 2.50. The molecule has 100 valence electrons. The summed E-state index contributed by atoms with van der Waals surface area (Å²) in [6.45, 7) is 5.30. The topological polar surface area (TPSA) is 64.1 Å². The fourth-order valence-corrected chi connectivity index (χ4v) is 1.54. The van der Waals surface area contributed by atoms with E-state index in [4.69, 9.17) is 0 Å². The number of nitrogens with one attached hydrogen (secondary N) is 1. The van der Waals surface area contributed by atoms with Gasteiger partial charge in [0.1, 0.15) is 5.82 Å². The van der Waals surface area contributed by atoms with Crippen LogP contribution in [0, 0.1) is 5.92 Å². The minimum absolute atomic E-state index is 0.0877. The van der Waals surface area contributed by atoms with Crippen molar-refractivity contribution in [3.63, 3.8) is 0 Å². The van der Waals surface area contributed by atoms with Crippen LogP contribution in [0.5, 0.6) is 0 Å². The molecule has 0 aliphatic carbocycles. The standard InChI is InChI=1S/C13H21N3O2/c1-10(2)6-4-5-8-14-11-7-9-15-12(16-11)13(17)18-3/h7,9-10H,4-6,8H2,1-3H3,(H,14,15,16). The number of unbranched alkanes of at least 4 members (excludes halogenated alkanes) is 1. The van der Waals surface area contributed by atoms with Crippen molar-refractivity contribution in [2.75, 3.05) is 19.0 Å². The van der Waals surface area contributed by atoms with Gasteiger partial charge in [0.2, 0.25) is 5.82 Å². The smallest absolute Gasteiger partial charge is 0.376 e. The summed E-state index contributed by atoms with van der Waals surface area (Å²) in [4.78, 5) is 19.2. The molecule has 0 amide bonds. The lowest BCUT2D eigenvalue weighted by atomic mass is 10.1. The van der Waals surface area contributed by atoms with Gasteiger partial charge in [-0.25, -0.2) is 14.8 Å². The fraction of sp³-hybridized carbons (Fsp3) is 0.615. The van der Waals surface area contributed by atoms with E-state index in [0.717, 1.165) is 18.9 Å². The number of nitrogens with zero attached hydrogens (tertiary/aromatic N) is 2. The highest BCUT2D eigenvalue weighted by atomic mass is 16.5. The zero-order valence-corrected chi connectivity index (χ0v) is 11.3. The molecule has 0 aliphatic heterocycles. The molecule has 0 fully saturated rings. The molecule has 1 N–H and O–H groups in total. The first kappa shape index (κ1) is 14.4. The molecular formula is C13H21N3O2. The molecule has 1 aromatic rings. The largest absolute Gasteiger partial charge is 0.463 e. The Bertz CT molecular complexity index is 380. The number of hydrogen-bond acceptors (Lipinski definition) is 5. The van der Waals surface area contributed by atoms with E-state index in [2.05, 4.69) is 33.9 Å². The Hall–Kier alpha value is -1.65. The van der Waals surface area contributed by atoms with E-state index in [1.165, 1.54) is 20.0 Å². The average Bonchev–Trinajstić information content (AvgIpc) is 2.37. The van der Waals surface area contributed by atoms with E-state index in [1.807, 2.05) is 0 Å². The number of carbonyl (C=O) groups excluding carboxylic acids is 1.